The van der Waals surface area contributed by atoms with Gasteiger partial charge in [-0.3, -0.25) is 9.59 Å². The van der Waals surface area contributed by atoms with Crippen molar-refractivity contribution in [3.8, 4) is 11.5 Å². The Labute approximate surface area is 154 Å². The molecule has 140 valence electrons. The molecule has 2 rings (SSSR count). The third kappa shape index (κ3) is 6.43. The highest BCUT2D eigenvalue weighted by molar-refractivity contribution is 5.85. The highest BCUT2D eigenvalue weighted by atomic mass is 35.5. The van der Waals surface area contributed by atoms with Gasteiger partial charge in [0.15, 0.2) is 18.1 Å². The Kier molecular flexibility index (Phi) is 9.08. The Morgan fingerprint density at radius 2 is 2.08 bits per heavy atom. The van der Waals surface area contributed by atoms with Gasteiger partial charge in [0.2, 0.25) is 5.91 Å². The molecule has 0 radical (unpaired) electrons. The van der Waals surface area contributed by atoms with Gasteiger partial charge in [-0.25, -0.2) is 0 Å². The molecule has 0 bridgehead atoms. The number of benzene rings is 1. The molecule has 1 aromatic rings. The summed E-state index contributed by atoms with van der Waals surface area (Å²) in [5.41, 5.74) is 0.906. The van der Waals surface area contributed by atoms with E-state index in [4.69, 9.17) is 9.47 Å². The third-order valence-corrected chi connectivity index (χ3v) is 3.80. The van der Waals surface area contributed by atoms with Crippen molar-refractivity contribution >= 4 is 24.2 Å². The van der Waals surface area contributed by atoms with Crippen LogP contribution >= 0.6 is 12.4 Å². The average Bonchev–Trinajstić information content (AvgIpc) is 3.13. The Balaban J connectivity index is 0.00000312. The molecule has 1 fully saturated rings. The molecule has 3 N–H and O–H groups in total. The van der Waals surface area contributed by atoms with E-state index in [9.17, 15) is 9.59 Å². The normalized spacial score (nSPS) is 15.8. The largest absolute Gasteiger partial charge is 0.493 e. The number of amides is 2. The fourth-order valence-electron chi connectivity index (χ4n) is 2.55. The first-order valence-electron chi connectivity index (χ1n) is 8.21. The van der Waals surface area contributed by atoms with Crippen LogP contribution in [0.1, 0.15) is 25.3 Å². The predicted octanol–water partition coefficient (Wildman–Crippen LogP) is 1.00. The van der Waals surface area contributed by atoms with Crippen LogP contribution in [0.4, 0.5) is 0 Å². The van der Waals surface area contributed by atoms with Crippen molar-refractivity contribution in [2.24, 2.45) is 0 Å². The molecule has 1 atom stereocenters. The number of ether oxygens (including phenoxy) is 2. The van der Waals surface area contributed by atoms with E-state index in [0.29, 0.717) is 24.6 Å². The first-order valence-corrected chi connectivity index (χ1v) is 8.21. The molecule has 25 heavy (non-hydrogen) atoms. The minimum Gasteiger partial charge on any atom is -0.493 e. The lowest BCUT2D eigenvalue weighted by molar-refractivity contribution is -0.123. The van der Waals surface area contributed by atoms with Crippen LogP contribution in [0.2, 0.25) is 0 Å². The fraction of sp³-hybridized carbons (Fsp3) is 0.529. The van der Waals surface area contributed by atoms with Crippen LogP contribution in [0.15, 0.2) is 18.2 Å². The Morgan fingerprint density at radius 3 is 2.72 bits per heavy atom. The van der Waals surface area contributed by atoms with Crippen molar-refractivity contribution < 1.29 is 19.1 Å². The molecular formula is C17H26ClN3O4. The lowest BCUT2D eigenvalue weighted by Gasteiger charge is -2.14. The number of halogens is 1. The van der Waals surface area contributed by atoms with Gasteiger partial charge in [-0.1, -0.05) is 6.07 Å². The lowest BCUT2D eigenvalue weighted by atomic mass is 10.1. The molecule has 1 aliphatic rings. The fourth-order valence-corrected chi connectivity index (χ4v) is 2.55. The second kappa shape index (κ2) is 10.8. The van der Waals surface area contributed by atoms with E-state index in [2.05, 4.69) is 16.0 Å². The van der Waals surface area contributed by atoms with E-state index in [0.717, 1.165) is 24.9 Å². The zero-order valence-electron chi connectivity index (χ0n) is 14.6. The standard InChI is InChI=1S/C17H25N3O4.ClH/c1-3-18-16(21)11-24-14-7-6-12(9-15(14)23-2)10-20-17(22)13-5-4-8-19-13;/h6-7,9,13,19H,3-5,8,10-11H2,1-2H3,(H,18,21)(H,20,22);1H. The average molecular weight is 372 g/mol. The maximum atomic E-state index is 12.0. The van der Waals surface area contributed by atoms with E-state index in [1.165, 1.54) is 0 Å². The molecule has 0 spiro atoms. The van der Waals surface area contributed by atoms with Crippen LogP contribution in [0.3, 0.4) is 0 Å². The van der Waals surface area contributed by atoms with E-state index in [-0.39, 0.29) is 36.9 Å². The minimum absolute atomic E-state index is 0. The first kappa shape index (κ1) is 21.1. The summed E-state index contributed by atoms with van der Waals surface area (Å²) in [6.07, 6.45) is 1.91. The molecule has 1 aliphatic heterocycles. The quantitative estimate of drug-likeness (QED) is 0.634. The summed E-state index contributed by atoms with van der Waals surface area (Å²) < 4.78 is 10.8. The number of nitrogens with one attached hydrogen (secondary N) is 3. The van der Waals surface area contributed by atoms with Gasteiger partial charge >= 0.3 is 0 Å². The summed E-state index contributed by atoms with van der Waals surface area (Å²) in [4.78, 5) is 23.5. The number of hydrogen-bond donors (Lipinski definition) is 3. The molecule has 1 unspecified atom stereocenters. The van der Waals surface area contributed by atoms with Crippen molar-refractivity contribution in [3.63, 3.8) is 0 Å². The Bertz CT molecular complexity index is 577. The summed E-state index contributed by atoms with van der Waals surface area (Å²) in [7, 11) is 1.54. The lowest BCUT2D eigenvalue weighted by Crippen LogP contribution is -2.39. The van der Waals surface area contributed by atoms with Gasteiger partial charge in [-0.05, 0) is 44.0 Å². The molecule has 7 nitrogen and oxygen atoms in total. The summed E-state index contributed by atoms with van der Waals surface area (Å²) >= 11 is 0. The number of methoxy groups -OCH3 is 1. The molecule has 0 aromatic heterocycles. The van der Waals surface area contributed by atoms with Crippen LogP contribution in [-0.2, 0) is 16.1 Å². The van der Waals surface area contributed by atoms with Crippen LogP contribution in [0.25, 0.3) is 0 Å². The van der Waals surface area contributed by atoms with Gasteiger partial charge in [0.25, 0.3) is 5.91 Å². The number of rotatable bonds is 8. The van der Waals surface area contributed by atoms with Crippen LogP contribution < -0.4 is 25.4 Å². The van der Waals surface area contributed by atoms with Crippen molar-refractivity contribution in [3.05, 3.63) is 23.8 Å². The molecule has 1 saturated heterocycles. The van der Waals surface area contributed by atoms with Gasteiger partial charge in [0.05, 0.1) is 13.2 Å². The van der Waals surface area contributed by atoms with E-state index >= 15 is 0 Å². The number of carbonyl (C=O) groups excluding carboxylic acids is 2. The van der Waals surface area contributed by atoms with Crippen molar-refractivity contribution in [2.75, 3.05) is 26.8 Å². The summed E-state index contributed by atoms with van der Waals surface area (Å²) in [6.45, 7) is 3.66. The first-order chi connectivity index (χ1) is 11.6. The Morgan fingerprint density at radius 1 is 1.28 bits per heavy atom. The summed E-state index contributed by atoms with van der Waals surface area (Å²) in [5, 5.41) is 8.75. The summed E-state index contributed by atoms with van der Waals surface area (Å²) in [6, 6.07) is 5.30. The molecule has 0 aliphatic carbocycles. The van der Waals surface area contributed by atoms with E-state index in [1.54, 1.807) is 19.2 Å². The zero-order valence-corrected chi connectivity index (χ0v) is 15.4. The van der Waals surface area contributed by atoms with Gasteiger partial charge in [0.1, 0.15) is 0 Å². The van der Waals surface area contributed by atoms with E-state index in [1.807, 2.05) is 13.0 Å². The SMILES string of the molecule is CCNC(=O)COc1ccc(CNC(=O)C2CCCN2)cc1OC.Cl. The number of hydrogen-bond acceptors (Lipinski definition) is 5. The van der Waals surface area contributed by atoms with Gasteiger partial charge in [0, 0.05) is 13.1 Å². The predicted molar refractivity (Wildman–Crippen MR) is 97.3 cm³/mol. The maximum absolute atomic E-state index is 12.0. The molecule has 2 amide bonds. The number of likely N-dealkylation sites (N-methyl/N-ethyl adjacent to an activating group) is 1. The second-order valence-electron chi connectivity index (χ2n) is 5.59. The van der Waals surface area contributed by atoms with Crippen LogP contribution in [0, 0.1) is 0 Å². The highest BCUT2D eigenvalue weighted by Gasteiger charge is 2.21. The highest BCUT2D eigenvalue weighted by Crippen LogP contribution is 2.28. The maximum Gasteiger partial charge on any atom is 0.257 e. The minimum atomic E-state index is -0.181. The van der Waals surface area contributed by atoms with Crippen molar-refractivity contribution in [2.45, 2.75) is 32.4 Å². The van der Waals surface area contributed by atoms with Gasteiger partial charge in [-0.15, -0.1) is 12.4 Å². The Hall–Kier alpha value is -1.99. The van der Waals surface area contributed by atoms with Gasteiger partial charge < -0.3 is 25.4 Å². The molecular weight excluding hydrogens is 346 g/mol. The molecule has 8 heteroatoms. The smallest absolute Gasteiger partial charge is 0.257 e. The van der Waals surface area contributed by atoms with Crippen molar-refractivity contribution in [1.82, 2.24) is 16.0 Å². The molecule has 1 aromatic carbocycles. The van der Waals surface area contributed by atoms with Crippen LogP contribution in [-0.4, -0.2) is 44.7 Å². The molecule has 0 saturated carbocycles. The van der Waals surface area contributed by atoms with Crippen molar-refractivity contribution in [1.29, 1.82) is 0 Å². The van der Waals surface area contributed by atoms with E-state index < -0.39 is 0 Å². The third-order valence-electron chi connectivity index (χ3n) is 3.80. The second-order valence-corrected chi connectivity index (χ2v) is 5.59. The monoisotopic (exact) mass is 371 g/mol. The van der Waals surface area contributed by atoms with Gasteiger partial charge in [-0.2, -0.15) is 0 Å². The topological polar surface area (TPSA) is 88.7 Å². The zero-order chi connectivity index (χ0) is 17.4. The number of carbonyl (C=O) groups is 2. The summed E-state index contributed by atoms with van der Waals surface area (Å²) in [5.74, 6) is 0.865. The molecule has 1 heterocycles. The van der Waals surface area contributed by atoms with Crippen LogP contribution in [0.5, 0.6) is 11.5 Å².